The van der Waals surface area contributed by atoms with E-state index in [4.69, 9.17) is 34.8 Å². The minimum absolute atomic E-state index is 0.0821. The van der Waals surface area contributed by atoms with E-state index in [1.54, 1.807) is 0 Å². The van der Waals surface area contributed by atoms with Gasteiger partial charge in [-0.05, 0) is 30.3 Å². The van der Waals surface area contributed by atoms with Crippen molar-refractivity contribution in [1.29, 1.82) is 0 Å². The summed E-state index contributed by atoms with van der Waals surface area (Å²) in [5, 5.41) is 11.7. The highest BCUT2D eigenvalue weighted by molar-refractivity contribution is 6.37. The van der Waals surface area contributed by atoms with Crippen molar-refractivity contribution in [2.75, 3.05) is 5.32 Å². The summed E-state index contributed by atoms with van der Waals surface area (Å²) >= 11 is 17.3. The summed E-state index contributed by atoms with van der Waals surface area (Å²) < 4.78 is 28.5. The Labute approximate surface area is 144 Å². The molecule has 2 aromatic rings. The van der Waals surface area contributed by atoms with Crippen molar-refractivity contribution in [3.05, 3.63) is 51.0 Å². The van der Waals surface area contributed by atoms with Crippen LogP contribution in [0.3, 0.4) is 0 Å². The Kier molecular flexibility index (Phi) is 5.51. The van der Waals surface area contributed by atoms with Crippen molar-refractivity contribution in [1.82, 2.24) is 0 Å². The molecule has 4 nitrogen and oxygen atoms in total. The van der Waals surface area contributed by atoms with Gasteiger partial charge >= 0.3 is 6.61 Å². The van der Waals surface area contributed by atoms with E-state index in [0.29, 0.717) is 0 Å². The second-order valence-corrected chi connectivity index (χ2v) is 5.49. The molecule has 0 aliphatic carbocycles. The van der Waals surface area contributed by atoms with E-state index in [1.807, 2.05) is 0 Å². The van der Waals surface area contributed by atoms with Gasteiger partial charge in [-0.3, -0.25) is 4.79 Å². The van der Waals surface area contributed by atoms with E-state index in [9.17, 15) is 18.7 Å². The molecule has 23 heavy (non-hydrogen) atoms. The van der Waals surface area contributed by atoms with Crippen LogP contribution in [-0.2, 0) is 0 Å². The van der Waals surface area contributed by atoms with Crippen LogP contribution < -0.4 is 10.1 Å². The van der Waals surface area contributed by atoms with Crippen LogP contribution in [0.1, 0.15) is 10.4 Å². The van der Waals surface area contributed by atoms with Crippen LogP contribution in [0.4, 0.5) is 14.5 Å². The van der Waals surface area contributed by atoms with E-state index >= 15 is 0 Å². The molecule has 0 spiro atoms. The molecular weight excluding hydrogens is 375 g/mol. The summed E-state index contributed by atoms with van der Waals surface area (Å²) in [6.07, 6.45) is 0. The van der Waals surface area contributed by atoms with Gasteiger partial charge in [0.2, 0.25) is 0 Å². The Morgan fingerprint density at radius 2 is 1.70 bits per heavy atom. The predicted octanol–water partition coefficient (Wildman–Crippen LogP) is 5.21. The van der Waals surface area contributed by atoms with Crippen LogP contribution in [0.2, 0.25) is 15.1 Å². The Hall–Kier alpha value is -1.76. The number of amides is 1. The van der Waals surface area contributed by atoms with Gasteiger partial charge in [-0.15, -0.1) is 0 Å². The van der Waals surface area contributed by atoms with Crippen LogP contribution in [0, 0.1) is 0 Å². The first-order valence-electron chi connectivity index (χ1n) is 6.01. The third-order valence-corrected chi connectivity index (χ3v) is 3.56. The predicted molar refractivity (Wildman–Crippen MR) is 84.2 cm³/mol. The third-order valence-electron chi connectivity index (χ3n) is 2.68. The first kappa shape index (κ1) is 17.6. The van der Waals surface area contributed by atoms with Crippen LogP contribution in [0.5, 0.6) is 11.5 Å². The molecule has 122 valence electrons. The molecule has 0 aromatic heterocycles. The first-order valence-corrected chi connectivity index (χ1v) is 7.15. The van der Waals surface area contributed by atoms with Gasteiger partial charge in [-0.25, -0.2) is 0 Å². The van der Waals surface area contributed by atoms with E-state index in [1.165, 1.54) is 30.3 Å². The van der Waals surface area contributed by atoms with Gasteiger partial charge in [0, 0.05) is 11.3 Å². The summed E-state index contributed by atoms with van der Waals surface area (Å²) in [6, 6.07) is 6.24. The fourth-order valence-corrected chi connectivity index (χ4v) is 2.38. The van der Waals surface area contributed by atoms with Crippen molar-refractivity contribution in [2.24, 2.45) is 0 Å². The van der Waals surface area contributed by atoms with Crippen molar-refractivity contribution in [3.8, 4) is 11.5 Å². The van der Waals surface area contributed by atoms with Gasteiger partial charge in [0.05, 0.1) is 15.1 Å². The van der Waals surface area contributed by atoms with Gasteiger partial charge in [0.15, 0.2) is 5.75 Å². The summed E-state index contributed by atoms with van der Waals surface area (Å²) in [5.74, 6) is -1.12. The number of rotatable bonds is 4. The number of benzene rings is 2. The zero-order valence-corrected chi connectivity index (χ0v) is 13.4. The number of phenolic OH excluding ortho intramolecular Hbond substituents is 1. The normalized spacial score (nSPS) is 10.7. The quantitative estimate of drug-likeness (QED) is 0.763. The molecule has 2 N–H and O–H groups in total. The number of hydrogen-bond donors (Lipinski definition) is 2. The second kappa shape index (κ2) is 7.21. The lowest BCUT2D eigenvalue weighted by Gasteiger charge is -2.10. The lowest BCUT2D eigenvalue weighted by molar-refractivity contribution is -0.0497. The maximum absolute atomic E-state index is 12.1. The van der Waals surface area contributed by atoms with Gasteiger partial charge in [-0.2, -0.15) is 8.78 Å². The van der Waals surface area contributed by atoms with Gasteiger partial charge in [-0.1, -0.05) is 34.8 Å². The number of carbonyl (C=O) groups is 1. The maximum atomic E-state index is 12.1. The second-order valence-electron chi connectivity index (χ2n) is 4.27. The molecule has 0 atom stereocenters. The highest BCUT2D eigenvalue weighted by Crippen LogP contribution is 2.33. The highest BCUT2D eigenvalue weighted by atomic mass is 35.5. The highest BCUT2D eigenvalue weighted by Gasteiger charge is 2.14. The fourth-order valence-electron chi connectivity index (χ4n) is 1.67. The fraction of sp³-hybridized carbons (Fsp3) is 0.0714. The molecular formula is C14H8Cl3F2NO3. The van der Waals surface area contributed by atoms with Crippen molar-refractivity contribution in [2.45, 2.75) is 6.61 Å². The lowest BCUT2D eigenvalue weighted by atomic mass is 10.2. The van der Waals surface area contributed by atoms with E-state index in [2.05, 4.69) is 10.1 Å². The zero-order valence-electron chi connectivity index (χ0n) is 11.1. The number of ether oxygens (including phenoxy) is 1. The Bertz CT molecular complexity index is 733. The van der Waals surface area contributed by atoms with Crippen molar-refractivity contribution < 1.29 is 23.4 Å². The Morgan fingerprint density at radius 1 is 1.09 bits per heavy atom. The van der Waals surface area contributed by atoms with Crippen LogP contribution in [0.15, 0.2) is 30.3 Å². The average molecular weight is 383 g/mol. The number of halogens is 5. The van der Waals surface area contributed by atoms with E-state index in [0.717, 1.165) is 0 Å². The molecule has 0 saturated carbocycles. The van der Waals surface area contributed by atoms with Gasteiger partial charge in [0.25, 0.3) is 5.91 Å². The minimum Gasteiger partial charge on any atom is -0.505 e. The smallest absolute Gasteiger partial charge is 0.387 e. The molecule has 0 fully saturated rings. The topological polar surface area (TPSA) is 58.6 Å². The average Bonchev–Trinajstić information content (AvgIpc) is 2.46. The van der Waals surface area contributed by atoms with Crippen LogP contribution in [-0.4, -0.2) is 17.6 Å². The Balaban J connectivity index is 2.19. The largest absolute Gasteiger partial charge is 0.505 e. The summed E-state index contributed by atoms with van der Waals surface area (Å²) in [5.41, 5.74) is 0.351. The molecule has 0 saturated heterocycles. The van der Waals surface area contributed by atoms with Crippen LogP contribution >= 0.6 is 34.8 Å². The van der Waals surface area contributed by atoms with Gasteiger partial charge < -0.3 is 15.2 Å². The number of hydrogen-bond acceptors (Lipinski definition) is 3. The zero-order chi connectivity index (χ0) is 17.1. The maximum Gasteiger partial charge on any atom is 0.387 e. The number of phenols is 1. The Morgan fingerprint density at radius 3 is 2.22 bits per heavy atom. The molecule has 0 unspecified atom stereocenters. The molecule has 9 heteroatoms. The number of alkyl halides is 2. The molecule has 2 rings (SSSR count). The number of anilines is 1. The first-order chi connectivity index (χ1) is 10.8. The lowest BCUT2D eigenvalue weighted by Crippen LogP contribution is -2.12. The molecule has 1 amide bonds. The third kappa shape index (κ3) is 4.37. The monoisotopic (exact) mass is 381 g/mol. The van der Waals surface area contributed by atoms with E-state index < -0.39 is 12.5 Å². The SMILES string of the molecule is O=C(Nc1ccc(OC(F)F)c(Cl)c1)c1cc(Cl)c(O)c(Cl)c1. The summed E-state index contributed by atoms with van der Waals surface area (Å²) in [6.45, 7) is -3.01. The van der Waals surface area contributed by atoms with Crippen LogP contribution in [0.25, 0.3) is 0 Å². The number of aromatic hydroxyl groups is 1. The van der Waals surface area contributed by atoms with Crippen molar-refractivity contribution in [3.63, 3.8) is 0 Å². The molecule has 0 aliphatic rings. The minimum atomic E-state index is -3.01. The van der Waals surface area contributed by atoms with E-state index in [-0.39, 0.29) is 37.8 Å². The molecule has 2 aromatic carbocycles. The standard InChI is InChI=1S/C14H8Cl3F2NO3/c15-8-5-7(1-2-11(8)23-14(18)19)20-13(22)6-3-9(16)12(21)10(17)4-6/h1-5,14,21H,(H,20,22). The number of carbonyl (C=O) groups excluding carboxylic acids is 1. The number of nitrogens with one attached hydrogen (secondary N) is 1. The molecule has 0 aliphatic heterocycles. The molecule has 0 radical (unpaired) electrons. The summed E-state index contributed by atoms with van der Waals surface area (Å²) in [7, 11) is 0. The summed E-state index contributed by atoms with van der Waals surface area (Å²) in [4.78, 5) is 12.1. The molecule has 0 bridgehead atoms. The molecule has 0 heterocycles. The van der Waals surface area contributed by atoms with Gasteiger partial charge in [0.1, 0.15) is 5.75 Å². The van der Waals surface area contributed by atoms with Crippen molar-refractivity contribution >= 4 is 46.4 Å².